The van der Waals surface area contributed by atoms with Gasteiger partial charge in [-0.25, -0.2) is 9.37 Å². The second-order valence-electron chi connectivity index (χ2n) is 9.64. The number of para-hydroxylation sites is 2. The highest BCUT2D eigenvalue weighted by Gasteiger charge is 2.19. The summed E-state index contributed by atoms with van der Waals surface area (Å²) in [6.07, 6.45) is 1.39. The molecular weight excluding hydrogens is 647 g/mol. The number of ether oxygens (including phenoxy) is 3. The zero-order valence-electron chi connectivity index (χ0n) is 23.9. The van der Waals surface area contributed by atoms with E-state index in [1.54, 1.807) is 73.8 Å². The summed E-state index contributed by atoms with van der Waals surface area (Å²) in [6.45, 7) is -0.462. The maximum absolute atomic E-state index is 14.0. The highest BCUT2D eigenvalue weighted by Crippen LogP contribution is 2.35. The molecule has 0 aliphatic carbocycles. The number of benzene rings is 4. The zero-order valence-corrected chi connectivity index (χ0v) is 25.5. The van der Waals surface area contributed by atoms with Gasteiger partial charge >= 0.3 is 0 Å². The number of halogens is 2. The molecule has 12 heteroatoms. The van der Waals surface area contributed by atoms with Gasteiger partial charge in [0, 0.05) is 10.0 Å². The van der Waals surface area contributed by atoms with E-state index in [4.69, 9.17) is 23.6 Å². The van der Waals surface area contributed by atoms with Crippen LogP contribution in [0.2, 0.25) is 0 Å². The van der Waals surface area contributed by atoms with Crippen molar-refractivity contribution in [1.82, 2.24) is 9.66 Å². The third kappa shape index (κ3) is 6.00. The Morgan fingerprint density at radius 3 is 2.58 bits per heavy atom. The van der Waals surface area contributed by atoms with Gasteiger partial charge in [-0.1, -0.05) is 46.3 Å². The van der Waals surface area contributed by atoms with Crippen molar-refractivity contribution in [2.45, 2.75) is 0 Å². The first-order chi connectivity index (χ1) is 21.9. The van der Waals surface area contributed by atoms with Gasteiger partial charge in [0.05, 0.1) is 42.4 Å². The second-order valence-corrected chi connectivity index (χ2v) is 10.6. The number of hydrogen-bond acceptors (Lipinski definition) is 8. The number of carbonyl (C=O) groups excluding carboxylic acids is 1. The van der Waals surface area contributed by atoms with Crippen molar-refractivity contribution in [2.24, 2.45) is 5.10 Å². The van der Waals surface area contributed by atoms with Crippen LogP contribution >= 0.6 is 15.9 Å². The Morgan fingerprint density at radius 2 is 1.78 bits per heavy atom. The van der Waals surface area contributed by atoms with Crippen LogP contribution in [-0.2, 0) is 4.79 Å². The van der Waals surface area contributed by atoms with Crippen LogP contribution in [0.5, 0.6) is 17.2 Å². The van der Waals surface area contributed by atoms with Gasteiger partial charge in [-0.05, 0) is 54.6 Å². The van der Waals surface area contributed by atoms with E-state index < -0.39 is 23.9 Å². The SMILES string of the molecule is COc1cc(Br)cc(C=Nn2c(-c3cc4c(OC)cccc4o3)nc3ccccc3c2=O)c1OCC(=O)Nc1ccccc1F. The Balaban J connectivity index is 1.41. The summed E-state index contributed by atoms with van der Waals surface area (Å²) in [5.41, 5.74) is 0.966. The minimum atomic E-state index is -0.592. The normalized spacial score (nSPS) is 11.3. The Labute approximate surface area is 263 Å². The fourth-order valence-electron chi connectivity index (χ4n) is 4.71. The highest BCUT2D eigenvalue weighted by atomic mass is 79.9. The van der Waals surface area contributed by atoms with Crippen LogP contribution in [0.3, 0.4) is 0 Å². The van der Waals surface area contributed by atoms with Gasteiger partial charge in [0.15, 0.2) is 23.9 Å². The van der Waals surface area contributed by atoms with Gasteiger partial charge in [0.25, 0.3) is 11.5 Å². The van der Waals surface area contributed by atoms with Crippen molar-refractivity contribution in [1.29, 1.82) is 0 Å². The molecule has 1 N–H and O–H groups in total. The van der Waals surface area contributed by atoms with Gasteiger partial charge < -0.3 is 23.9 Å². The summed E-state index contributed by atoms with van der Waals surface area (Å²) in [7, 11) is 3.01. The van der Waals surface area contributed by atoms with E-state index in [-0.39, 0.29) is 23.0 Å². The molecule has 4 aromatic carbocycles. The summed E-state index contributed by atoms with van der Waals surface area (Å²) in [6, 6.07) is 23.2. The number of rotatable bonds is 9. The van der Waals surface area contributed by atoms with E-state index in [1.165, 1.54) is 31.5 Å². The van der Waals surface area contributed by atoms with Crippen molar-refractivity contribution in [3.8, 4) is 28.8 Å². The van der Waals surface area contributed by atoms with Crippen LogP contribution in [-0.4, -0.2) is 42.6 Å². The number of carbonyl (C=O) groups is 1. The van der Waals surface area contributed by atoms with Crippen molar-refractivity contribution < 1.29 is 27.8 Å². The van der Waals surface area contributed by atoms with Crippen molar-refractivity contribution in [3.63, 3.8) is 0 Å². The lowest BCUT2D eigenvalue weighted by atomic mass is 10.2. The zero-order chi connectivity index (χ0) is 31.5. The standard InChI is InChI=1S/C33H24BrFN4O6/c1-42-26-12-7-13-27-22(26)16-29(45-27)32-38-24-10-5-3-8-21(24)33(41)39(32)36-17-19-14-20(34)15-28(43-2)31(19)44-18-30(40)37-25-11-6-4-9-23(25)35/h3-17H,18H2,1-2H3,(H,37,40). The molecule has 10 nitrogen and oxygen atoms in total. The molecule has 0 saturated heterocycles. The summed E-state index contributed by atoms with van der Waals surface area (Å²) < 4.78 is 38.7. The Hall–Kier alpha value is -5.49. The summed E-state index contributed by atoms with van der Waals surface area (Å²) in [5.74, 6) is 0.342. The molecule has 1 amide bonds. The Morgan fingerprint density at radius 1 is 1.00 bits per heavy atom. The fourth-order valence-corrected chi connectivity index (χ4v) is 5.16. The number of aromatic nitrogens is 2. The number of nitrogens with one attached hydrogen (secondary N) is 1. The molecule has 6 rings (SSSR count). The quantitative estimate of drug-likeness (QED) is 0.172. The van der Waals surface area contributed by atoms with E-state index in [1.807, 2.05) is 0 Å². The minimum Gasteiger partial charge on any atom is -0.496 e. The van der Waals surface area contributed by atoms with Gasteiger partial charge in [-0.2, -0.15) is 9.78 Å². The van der Waals surface area contributed by atoms with Crippen molar-refractivity contribution >= 4 is 55.6 Å². The lowest BCUT2D eigenvalue weighted by Crippen LogP contribution is -2.21. The summed E-state index contributed by atoms with van der Waals surface area (Å²) in [5, 5.41) is 8.05. The minimum absolute atomic E-state index is 0.0228. The lowest BCUT2D eigenvalue weighted by Gasteiger charge is -2.14. The predicted octanol–water partition coefficient (Wildman–Crippen LogP) is 6.63. The number of methoxy groups -OCH3 is 2. The van der Waals surface area contributed by atoms with E-state index in [0.29, 0.717) is 43.4 Å². The van der Waals surface area contributed by atoms with Crippen LogP contribution < -0.4 is 25.1 Å². The molecule has 0 atom stereocenters. The fraction of sp³-hybridized carbons (Fsp3) is 0.0909. The third-order valence-corrected chi connectivity index (χ3v) is 7.25. The van der Waals surface area contributed by atoms with Crippen molar-refractivity contribution in [3.05, 3.63) is 111 Å². The first-order valence-electron chi connectivity index (χ1n) is 13.5. The third-order valence-electron chi connectivity index (χ3n) is 6.79. The molecule has 45 heavy (non-hydrogen) atoms. The second kappa shape index (κ2) is 12.6. The van der Waals surface area contributed by atoms with Gasteiger partial charge in [-0.3, -0.25) is 9.59 Å². The van der Waals surface area contributed by atoms with E-state index in [2.05, 4.69) is 26.3 Å². The number of fused-ring (bicyclic) bond motifs is 2. The number of hydrogen-bond donors (Lipinski definition) is 1. The average Bonchev–Trinajstić information content (AvgIpc) is 3.49. The maximum Gasteiger partial charge on any atom is 0.282 e. The smallest absolute Gasteiger partial charge is 0.282 e. The monoisotopic (exact) mass is 670 g/mol. The molecule has 0 unspecified atom stereocenters. The number of nitrogens with zero attached hydrogens (tertiary/aromatic N) is 3. The number of anilines is 1. The Kier molecular flexibility index (Phi) is 8.30. The van der Waals surface area contributed by atoms with Crippen LogP contribution in [0.25, 0.3) is 33.5 Å². The molecule has 0 aliphatic heterocycles. The lowest BCUT2D eigenvalue weighted by molar-refractivity contribution is -0.118. The Bertz CT molecular complexity index is 2160. The van der Waals surface area contributed by atoms with Crippen molar-refractivity contribution in [2.75, 3.05) is 26.1 Å². The molecule has 0 fully saturated rings. The molecule has 0 spiro atoms. The largest absolute Gasteiger partial charge is 0.496 e. The van der Waals surface area contributed by atoms with Crippen LogP contribution in [0.1, 0.15) is 5.56 Å². The molecule has 2 heterocycles. The van der Waals surface area contributed by atoms with E-state index in [9.17, 15) is 14.0 Å². The summed E-state index contributed by atoms with van der Waals surface area (Å²) in [4.78, 5) is 31.1. The van der Waals surface area contributed by atoms with Gasteiger partial charge in [0.2, 0.25) is 5.82 Å². The van der Waals surface area contributed by atoms with Crippen LogP contribution in [0.15, 0.2) is 104 Å². The number of furan rings is 1. The van der Waals surface area contributed by atoms with Gasteiger partial charge in [0.1, 0.15) is 17.1 Å². The van der Waals surface area contributed by atoms with Crippen LogP contribution in [0, 0.1) is 5.82 Å². The highest BCUT2D eigenvalue weighted by molar-refractivity contribution is 9.10. The average molecular weight is 671 g/mol. The first kappa shape index (κ1) is 29.6. The molecule has 6 aromatic rings. The van der Waals surface area contributed by atoms with E-state index in [0.717, 1.165) is 4.68 Å². The molecule has 0 saturated carbocycles. The summed E-state index contributed by atoms with van der Waals surface area (Å²) >= 11 is 3.45. The van der Waals surface area contributed by atoms with Crippen LogP contribution in [0.4, 0.5) is 10.1 Å². The molecule has 0 radical (unpaired) electrons. The first-order valence-corrected chi connectivity index (χ1v) is 14.3. The van der Waals surface area contributed by atoms with E-state index >= 15 is 0 Å². The molecular formula is C33H24BrFN4O6. The molecule has 0 bridgehead atoms. The van der Waals surface area contributed by atoms with Gasteiger partial charge in [-0.15, -0.1) is 0 Å². The molecule has 226 valence electrons. The molecule has 0 aliphatic rings. The topological polar surface area (TPSA) is 117 Å². The maximum atomic E-state index is 14.0. The predicted molar refractivity (Wildman–Crippen MR) is 172 cm³/mol. The molecule has 2 aromatic heterocycles. The number of amides is 1.